The van der Waals surface area contributed by atoms with Crippen LogP contribution in [0.1, 0.15) is 11.3 Å². The van der Waals surface area contributed by atoms with Gasteiger partial charge in [0.1, 0.15) is 0 Å². The predicted molar refractivity (Wildman–Crippen MR) is 59.4 cm³/mol. The molecule has 2 rings (SSSR count). The third-order valence-electron chi connectivity index (χ3n) is 2.37. The maximum absolute atomic E-state index is 12.7. The molecule has 0 fully saturated rings. The molecule has 1 heterocycles. The lowest BCUT2D eigenvalue weighted by Gasteiger charge is -2.13. The van der Waals surface area contributed by atoms with Gasteiger partial charge in [0, 0.05) is 9.86 Å². The molecule has 0 aliphatic heterocycles. The molecule has 1 aromatic heterocycles. The van der Waals surface area contributed by atoms with E-state index in [4.69, 9.17) is 0 Å². The molecule has 0 amide bonds. The van der Waals surface area contributed by atoms with Crippen molar-refractivity contribution in [1.29, 1.82) is 0 Å². The normalized spacial score (nSPS) is 13.0. The van der Waals surface area contributed by atoms with Gasteiger partial charge in [-0.1, -0.05) is 12.1 Å². The fourth-order valence-electron chi connectivity index (χ4n) is 1.60. The highest BCUT2D eigenvalue weighted by Crippen LogP contribution is 2.39. The Morgan fingerprint density at radius 2 is 1.58 bits per heavy atom. The van der Waals surface area contributed by atoms with Crippen molar-refractivity contribution in [2.45, 2.75) is 12.4 Å². The van der Waals surface area contributed by atoms with Crippen LogP contribution in [0, 0.1) is 0 Å². The molecule has 0 N–H and O–H groups in total. The van der Waals surface area contributed by atoms with E-state index in [1.807, 2.05) is 0 Å². The Bertz CT molecular complexity index is 631. The van der Waals surface area contributed by atoms with Gasteiger partial charge >= 0.3 is 12.4 Å². The second-order valence-electron chi connectivity index (χ2n) is 3.69. The summed E-state index contributed by atoms with van der Waals surface area (Å²) in [6.07, 6.45) is -9.59. The van der Waals surface area contributed by atoms with Gasteiger partial charge in [-0.15, -0.1) is 0 Å². The van der Waals surface area contributed by atoms with Crippen LogP contribution in [0.15, 0.2) is 28.7 Å². The largest absolute Gasteiger partial charge is 0.434 e. The molecular formula is C11H4BrF6N. The zero-order chi connectivity index (χ0) is 14.4. The minimum Gasteiger partial charge on any atom is -0.241 e. The van der Waals surface area contributed by atoms with Gasteiger partial charge in [0.15, 0.2) is 5.69 Å². The summed E-state index contributed by atoms with van der Waals surface area (Å²) >= 11 is 2.66. The van der Waals surface area contributed by atoms with Gasteiger partial charge < -0.3 is 0 Å². The Morgan fingerprint density at radius 3 is 2.11 bits per heavy atom. The molecular weight excluding hydrogens is 340 g/mol. The summed E-state index contributed by atoms with van der Waals surface area (Å²) in [4.78, 5) is 3.12. The fourth-order valence-corrected chi connectivity index (χ4v) is 2.16. The summed E-state index contributed by atoms with van der Waals surface area (Å²) in [7, 11) is 0. The molecule has 1 nitrogen and oxygen atoms in total. The molecule has 0 aliphatic rings. The van der Waals surface area contributed by atoms with Crippen molar-refractivity contribution in [2.24, 2.45) is 0 Å². The topological polar surface area (TPSA) is 12.9 Å². The monoisotopic (exact) mass is 343 g/mol. The molecule has 1 aromatic carbocycles. The van der Waals surface area contributed by atoms with Gasteiger partial charge in [-0.25, -0.2) is 4.98 Å². The number of halogens is 7. The van der Waals surface area contributed by atoms with E-state index < -0.39 is 33.6 Å². The van der Waals surface area contributed by atoms with Crippen LogP contribution >= 0.6 is 15.9 Å². The molecule has 0 atom stereocenters. The van der Waals surface area contributed by atoms with E-state index >= 15 is 0 Å². The zero-order valence-corrected chi connectivity index (χ0v) is 10.5. The Hall–Kier alpha value is -1.31. The van der Waals surface area contributed by atoms with E-state index in [9.17, 15) is 26.3 Å². The number of fused-ring (bicyclic) bond motifs is 1. The summed E-state index contributed by atoms with van der Waals surface area (Å²) in [6, 6.07) is 4.05. The van der Waals surface area contributed by atoms with E-state index in [0.717, 1.165) is 12.1 Å². The minimum atomic E-state index is -4.83. The first-order chi connectivity index (χ1) is 8.60. The first-order valence-corrected chi connectivity index (χ1v) is 5.63. The van der Waals surface area contributed by atoms with Crippen molar-refractivity contribution < 1.29 is 26.3 Å². The number of para-hydroxylation sites is 1. The number of nitrogens with zero attached hydrogens (tertiary/aromatic N) is 1. The Labute approximate surface area is 111 Å². The lowest BCUT2D eigenvalue weighted by atomic mass is 10.1. The van der Waals surface area contributed by atoms with Crippen LogP contribution in [0.25, 0.3) is 10.9 Å². The summed E-state index contributed by atoms with van der Waals surface area (Å²) in [6.45, 7) is 0. The lowest BCUT2D eigenvalue weighted by molar-refractivity contribution is -0.142. The highest BCUT2D eigenvalue weighted by Gasteiger charge is 2.38. The van der Waals surface area contributed by atoms with E-state index in [1.54, 1.807) is 0 Å². The SMILES string of the molecule is FC(F)(F)c1nc2c(C(F)(F)F)cccc2cc1Br. The number of aromatic nitrogens is 1. The van der Waals surface area contributed by atoms with Crippen molar-refractivity contribution in [3.8, 4) is 0 Å². The standard InChI is InChI=1S/C11H4BrF6N/c12-7-4-5-2-1-3-6(10(13,14)15)8(5)19-9(7)11(16,17)18/h1-4H. The summed E-state index contributed by atoms with van der Waals surface area (Å²) in [5, 5.41) is -0.0188. The second-order valence-corrected chi connectivity index (χ2v) is 4.55. The van der Waals surface area contributed by atoms with Crippen LogP contribution in [0.3, 0.4) is 0 Å². The van der Waals surface area contributed by atoms with E-state index in [-0.39, 0.29) is 5.39 Å². The van der Waals surface area contributed by atoms with E-state index in [2.05, 4.69) is 20.9 Å². The smallest absolute Gasteiger partial charge is 0.241 e. The van der Waals surface area contributed by atoms with Gasteiger partial charge in [-0.3, -0.25) is 0 Å². The highest BCUT2D eigenvalue weighted by molar-refractivity contribution is 9.10. The van der Waals surface area contributed by atoms with Crippen LogP contribution in [0.2, 0.25) is 0 Å². The second kappa shape index (κ2) is 4.36. The van der Waals surface area contributed by atoms with E-state index in [1.165, 1.54) is 6.07 Å². The van der Waals surface area contributed by atoms with Gasteiger partial charge in [0.05, 0.1) is 11.1 Å². The molecule has 0 radical (unpaired) electrons. The molecule has 8 heteroatoms. The average Bonchev–Trinajstić information content (AvgIpc) is 2.24. The summed E-state index contributed by atoms with van der Waals surface area (Å²) in [5.41, 5.74) is -3.29. The van der Waals surface area contributed by atoms with E-state index in [0.29, 0.717) is 6.07 Å². The van der Waals surface area contributed by atoms with Gasteiger partial charge in [0.25, 0.3) is 0 Å². The van der Waals surface area contributed by atoms with Crippen LogP contribution in [-0.2, 0) is 12.4 Å². The Morgan fingerprint density at radius 1 is 0.947 bits per heavy atom. The maximum Gasteiger partial charge on any atom is 0.434 e. The van der Waals surface area contributed by atoms with Gasteiger partial charge in [-0.2, -0.15) is 26.3 Å². The lowest BCUT2D eigenvalue weighted by Crippen LogP contribution is -2.12. The van der Waals surface area contributed by atoms with Crippen LogP contribution in [-0.4, -0.2) is 4.98 Å². The maximum atomic E-state index is 12.7. The molecule has 2 aromatic rings. The molecule has 0 saturated carbocycles. The first kappa shape index (κ1) is 14.1. The number of alkyl halides is 6. The van der Waals surface area contributed by atoms with Crippen LogP contribution in [0.5, 0.6) is 0 Å². The predicted octanol–water partition coefficient (Wildman–Crippen LogP) is 5.03. The Balaban J connectivity index is 2.83. The third-order valence-corrected chi connectivity index (χ3v) is 2.98. The van der Waals surface area contributed by atoms with Crippen molar-refractivity contribution >= 4 is 26.8 Å². The molecule has 0 saturated heterocycles. The number of hydrogen-bond donors (Lipinski definition) is 0. The number of benzene rings is 1. The van der Waals surface area contributed by atoms with Crippen LogP contribution in [0.4, 0.5) is 26.3 Å². The Kier molecular flexibility index (Phi) is 3.24. The number of rotatable bonds is 0. The fraction of sp³-hybridized carbons (Fsp3) is 0.182. The summed E-state index contributed by atoms with van der Waals surface area (Å²) in [5.74, 6) is 0. The molecule has 0 aliphatic carbocycles. The van der Waals surface area contributed by atoms with Gasteiger partial charge in [0.2, 0.25) is 0 Å². The zero-order valence-electron chi connectivity index (χ0n) is 8.90. The van der Waals surface area contributed by atoms with Crippen molar-refractivity contribution in [1.82, 2.24) is 4.98 Å². The van der Waals surface area contributed by atoms with Crippen molar-refractivity contribution in [3.05, 3.63) is 40.0 Å². The quantitative estimate of drug-likeness (QED) is 0.611. The third kappa shape index (κ3) is 2.68. The minimum absolute atomic E-state index is 0.0188. The summed E-state index contributed by atoms with van der Waals surface area (Å²) < 4.78 is 75.6. The number of hydrogen-bond acceptors (Lipinski definition) is 1. The molecule has 102 valence electrons. The van der Waals surface area contributed by atoms with Crippen LogP contribution < -0.4 is 0 Å². The molecule has 0 unspecified atom stereocenters. The molecule has 19 heavy (non-hydrogen) atoms. The number of pyridine rings is 1. The highest BCUT2D eigenvalue weighted by atomic mass is 79.9. The average molecular weight is 344 g/mol. The first-order valence-electron chi connectivity index (χ1n) is 4.84. The molecule has 0 spiro atoms. The molecule has 0 bridgehead atoms. The van der Waals surface area contributed by atoms with Crippen molar-refractivity contribution in [3.63, 3.8) is 0 Å². The van der Waals surface area contributed by atoms with Gasteiger partial charge in [-0.05, 0) is 28.1 Å². The van der Waals surface area contributed by atoms with Crippen molar-refractivity contribution in [2.75, 3.05) is 0 Å².